The molecule has 1 aromatic carbocycles. The number of anilines is 1. The van der Waals surface area contributed by atoms with Crippen LogP contribution in [-0.2, 0) is 21.3 Å². The molecule has 2 heterocycles. The van der Waals surface area contributed by atoms with Crippen molar-refractivity contribution in [3.8, 4) is 0 Å². The number of pyridine rings is 1. The smallest absolute Gasteiger partial charge is 0.194 e. The number of nitrogens with zero attached hydrogens (tertiary/aromatic N) is 3. The summed E-state index contributed by atoms with van der Waals surface area (Å²) in [5, 5.41) is 2.82. The second-order valence-electron chi connectivity index (χ2n) is 9.64. The Kier molecular flexibility index (Phi) is 8.82. The highest BCUT2D eigenvalue weighted by Gasteiger charge is 2.29. The number of nitrogens with one attached hydrogen (secondary N) is 1. The fraction of sp³-hybridized carbons (Fsp3) is 0.391. The van der Waals surface area contributed by atoms with Gasteiger partial charge in [0.15, 0.2) is 14.9 Å². The summed E-state index contributed by atoms with van der Waals surface area (Å²) in [6.45, 7) is 8.84. The summed E-state index contributed by atoms with van der Waals surface area (Å²) in [4.78, 5) is 8.45. The van der Waals surface area contributed by atoms with Gasteiger partial charge in [-0.25, -0.2) is 27.2 Å². The average Bonchev–Trinajstić information content (AvgIpc) is 3.08. The fourth-order valence-corrected chi connectivity index (χ4v) is 5.51. The number of imidazole rings is 1. The van der Waals surface area contributed by atoms with Gasteiger partial charge in [-0.05, 0) is 36.7 Å². The standard InChI is InChI=1S/C23H28Cl2F2N4O3SSi/c1-14-23(35(2,32)33)30-22(31(14)13-34-8-9-36(3,4)5)20(15-6-7-19(27)17(24)10-15)29-21-18(25)11-16(26)12-28-21/h6-7,10-12,20H,8-9,13H2,1-5H3,(H,28,29). The molecule has 196 valence electrons. The summed E-state index contributed by atoms with van der Waals surface area (Å²) in [7, 11) is -5.05. The van der Waals surface area contributed by atoms with Crippen LogP contribution in [0.25, 0.3) is 0 Å². The van der Waals surface area contributed by atoms with E-state index in [1.54, 1.807) is 11.5 Å². The quantitative estimate of drug-likeness (QED) is 0.232. The van der Waals surface area contributed by atoms with E-state index < -0.39 is 35.6 Å². The van der Waals surface area contributed by atoms with E-state index in [2.05, 4.69) is 34.9 Å². The van der Waals surface area contributed by atoms with Crippen LogP contribution in [0.15, 0.2) is 35.5 Å². The molecule has 0 amide bonds. The molecule has 0 saturated heterocycles. The zero-order chi connectivity index (χ0) is 26.8. The molecule has 1 atom stereocenters. The highest BCUT2D eigenvalue weighted by atomic mass is 35.5. The molecule has 0 spiro atoms. The van der Waals surface area contributed by atoms with Crippen LogP contribution in [0.3, 0.4) is 0 Å². The minimum Gasteiger partial charge on any atom is -0.361 e. The predicted molar refractivity (Wildman–Crippen MR) is 140 cm³/mol. The van der Waals surface area contributed by atoms with Crippen molar-refractivity contribution < 1.29 is 21.9 Å². The van der Waals surface area contributed by atoms with E-state index in [-0.39, 0.29) is 33.4 Å². The van der Waals surface area contributed by atoms with Crippen molar-refractivity contribution in [2.24, 2.45) is 0 Å². The van der Waals surface area contributed by atoms with Gasteiger partial charge in [0.2, 0.25) is 0 Å². The molecule has 0 aliphatic heterocycles. The van der Waals surface area contributed by atoms with E-state index in [9.17, 15) is 17.2 Å². The van der Waals surface area contributed by atoms with Crippen molar-refractivity contribution in [3.63, 3.8) is 0 Å². The van der Waals surface area contributed by atoms with E-state index >= 15 is 0 Å². The first kappa shape index (κ1) is 28.5. The van der Waals surface area contributed by atoms with Crippen LogP contribution in [0.5, 0.6) is 0 Å². The van der Waals surface area contributed by atoms with E-state index in [0.29, 0.717) is 17.9 Å². The Labute approximate surface area is 220 Å². The molecule has 0 aliphatic rings. The Morgan fingerprint density at radius 2 is 1.86 bits per heavy atom. The van der Waals surface area contributed by atoms with Gasteiger partial charge < -0.3 is 14.6 Å². The second-order valence-corrected chi connectivity index (χ2v) is 18.0. The van der Waals surface area contributed by atoms with E-state index in [0.717, 1.165) is 24.6 Å². The van der Waals surface area contributed by atoms with Gasteiger partial charge in [0.25, 0.3) is 0 Å². The lowest BCUT2D eigenvalue weighted by Crippen LogP contribution is -2.23. The normalized spacial score (nSPS) is 13.1. The molecular formula is C23H28Cl2F2N4O3SSi. The first-order valence-electron chi connectivity index (χ1n) is 11.0. The van der Waals surface area contributed by atoms with Gasteiger partial charge >= 0.3 is 0 Å². The van der Waals surface area contributed by atoms with Crippen LogP contribution in [0, 0.1) is 18.6 Å². The molecule has 13 heteroatoms. The highest BCUT2D eigenvalue weighted by molar-refractivity contribution is 7.90. The van der Waals surface area contributed by atoms with Gasteiger partial charge in [0.05, 0.1) is 21.9 Å². The van der Waals surface area contributed by atoms with Crippen molar-refractivity contribution >= 4 is 46.9 Å². The van der Waals surface area contributed by atoms with Crippen LogP contribution in [0.2, 0.25) is 35.7 Å². The lowest BCUT2D eigenvalue weighted by atomic mass is 10.1. The van der Waals surface area contributed by atoms with Gasteiger partial charge in [-0.2, -0.15) is 0 Å². The molecule has 0 aliphatic carbocycles. The maximum Gasteiger partial charge on any atom is 0.194 e. The van der Waals surface area contributed by atoms with Crippen molar-refractivity contribution in [3.05, 3.63) is 69.2 Å². The molecule has 36 heavy (non-hydrogen) atoms. The predicted octanol–water partition coefficient (Wildman–Crippen LogP) is 6.09. The Morgan fingerprint density at radius 3 is 2.44 bits per heavy atom. The number of halogens is 4. The molecule has 7 nitrogen and oxygen atoms in total. The second kappa shape index (κ2) is 11.1. The zero-order valence-corrected chi connectivity index (χ0v) is 23.9. The zero-order valence-electron chi connectivity index (χ0n) is 20.6. The summed E-state index contributed by atoms with van der Waals surface area (Å²) in [5.74, 6) is -0.871. The molecule has 0 bridgehead atoms. The largest absolute Gasteiger partial charge is 0.361 e. The van der Waals surface area contributed by atoms with Gasteiger partial charge in [0.1, 0.15) is 36.0 Å². The number of rotatable bonds is 10. The van der Waals surface area contributed by atoms with Crippen molar-refractivity contribution in [2.45, 2.75) is 50.4 Å². The number of ether oxygens (including phenoxy) is 1. The van der Waals surface area contributed by atoms with Crippen LogP contribution < -0.4 is 5.32 Å². The molecule has 3 rings (SSSR count). The number of benzene rings is 1. The fourth-order valence-electron chi connectivity index (χ4n) is 3.45. The van der Waals surface area contributed by atoms with E-state index in [1.165, 1.54) is 18.2 Å². The monoisotopic (exact) mass is 576 g/mol. The summed E-state index contributed by atoms with van der Waals surface area (Å²) in [6.07, 6.45) is 2.06. The van der Waals surface area contributed by atoms with E-state index in [1.807, 2.05) is 0 Å². The third-order valence-corrected chi connectivity index (χ3v) is 8.77. The summed E-state index contributed by atoms with van der Waals surface area (Å²) in [5.41, 5.74) is 0.829. The summed E-state index contributed by atoms with van der Waals surface area (Å²) >= 11 is 12.3. The summed E-state index contributed by atoms with van der Waals surface area (Å²) in [6, 6.07) is 5.19. The van der Waals surface area contributed by atoms with Gasteiger partial charge in [-0.1, -0.05) is 48.9 Å². The Bertz CT molecular complexity index is 1360. The highest BCUT2D eigenvalue weighted by Crippen LogP contribution is 2.33. The summed E-state index contributed by atoms with van der Waals surface area (Å²) < 4.78 is 60.1. The first-order chi connectivity index (χ1) is 16.7. The maximum absolute atomic E-state index is 14.0. The van der Waals surface area contributed by atoms with Crippen LogP contribution >= 0.6 is 23.2 Å². The topological polar surface area (TPSA) is 86.1 Å². The van der Waals surface area contributed by atoms with Crippen molar-refractivity contribution in [1.29, 1.82) is 0 Å². The molecule has 3 aromatic rings. The maximum atomic E-state index is 14.0. The molecular weight excluding hydrogens is 549 g/mol. The molecule has 0 fully saturated rings. The van der Waals surface area contributed by atoms with Gasteiger partial charge in [-0.3, -0.25) is 0 Å². The minimum absolute atomic E-state index is 0.00207. The Hall–Kier alpha value is -2.05. The van der Waals surface area contributed by atoms with Crippen LogP contribution in [-0.4, -0.2) is 43.9 Å². The van der Waals surface area contributed by atoms with Gasteiger partial charge in [-0.15, -0.1) is 0 Å². The van der Waals surface area contributed by atoms with Crippen LogP contribution in [0.1, 0.15) is 23.1 Å². The third kappa shape index (κ3) is 7.04. The molecule has 0 saturated carbocycles. The van der Waals surface area contributed by atoms with Gasteiger partial charge in [0, 0.05) is 20.9 Å². The lowest BCUT2D eigenvalue weighted by Gasteiger charge is -2.23. The SMILES string of the molecule is Cc1c(S(C)(=O)=O)nc(C(Nc2ncc(F)cc2Cl)c2ccc(F)c(Cl)c2)n1COCC[Si](C)(C)C. The third-order valence-electron chi connectivity index (χ3n) is 5.40. The molecule has 1 unspecified atom stereocenters. The number of aromatic nitrogens is 3. The molecule has 1 N–H and O–H groups in total. The minimum atomic E-state index is -3.69. The Morgan fingerprint density at radius 1 is 1.17 bits per heavy atom. The molecule has 0 radical (unpaired) electrons. The van der Waals surface area contributed by atoms with E-state index in [4.69, 9.17) is 27.9 Å². The lowest BCUT2D eigenvalue weighted by molar-refractivity contribution is 0.0834. The number of hydrogen-bond acceptors (Lipinski definition) is 6. The Balaban J connectivity index is 2.14. The average molecular weight is 578 g/mol. The van der Waals surface area contributed by atoms with Crippen molar-refractivity contribution in [2.75, 3.05) is 18.2 Å². The number of sulfone groups is 1. The van der Waals surface area contributed by atoms with Crippen LogP contribution in [0.4, 0.5) is 14.6 Å². The van der Waals surface area contributed by atoms with Crippen molar-refractivity contribution in [1.82, 2.24) is 14.5 Å². The molecule has 2 aromatic heterocycles. The first-order valence-corrected chi connectivity index (χ1v) is 17.4. The number of hydrogen-bond donors (Lipinski definition) is 1.